The Kier molecular flexibility index (Phi) is 3.42. The maximum atomic E-state index is 5.83. The van der Waals surface area contributed by atoms with E-state index in [0.717, 1.165) is 21.4 Å². The lowest BCUT2D eigenvalue weighted by molar-refractivity contribution is 0.919. The Labute approximate surface area is 119 Å². The summed E-state index contributed by atoms with van der Waals surface area (Å²) in [7, 11) is 0. The van der Waals surface area contributed by atoms with Gasteiger partial charge in [-0.15, -0.1) is 0 Å². The third-order valence-corrected chi connectivity index (χ3v) is 3.88. The van der Waals surface area contributed by atoms with E-state index in [1.54, 1.807) is 6.20 Å². The van der Waals surface area contributed by atoms with Gasteiger partial charge in [-0.2, -0.15) is 0 Å². The first kappa shape index (κ1) is 12.5. The van der Waals surface area contributed by atoms with E-state index >= 15 is 0 Å². The highest BCUT2D eigenvalue weighted by molar-refractivity contribution is 7.99. The molecule has 2 N–H and O–H groups in total. The number of hydrogen-bond donors (Lipinski definition) is 1. The van der Waals surface area contributed by atoms with Crippen LogP contribution in [0.5, 0.6) is 0 Å². The van der Waals surface area contributed by atoms with Gasteiger partial charge in [0.2, 0.25) is 0 Å². The highest BCUT2D eigenvalue weighted by Gasteiger charge is 2.12. The Hall–Kier alpha value is -1.56. The van der Waals surface area contributed by atoms with Gasteiger partial charge in [0.1, 0.15) is 15.7 Å². The summed E-state index contributed by atoms with van der Waals surface area (Å²) < 4.78 is 2.00. The molecular formula is C13H11ClN4S. The van der Waals surface area contributed by atoms with Crippen molar-refractivity contribution in [2.75, 3.05) is 0 Å². The van der Waals surface area contributed by atoms with Crippen molar-refractivity contribution >= 4 is 29.0 Å². The predicted octanol–water partition coefficient (Wildman–Crippen LogP) is 2.99. The minimum Gasteiger partial charge on any atom is -0.325 e. The normalized spacial score (nSPS) is 11.1. The van der Waals surface area contributed by atoms with Crippen molar-refractivity contribution in [2.45, 2.75) is 16.6 Å². The summed E-state index contributed by atoms with van der Waals surface area (Å²) in [5, 5.41) is 2.35. The van der Waals surface area contributed by atoms with E-state index < -0.39 is 0 Å². The van der Waals surface area contributed by atoms with Crippen LogP contribution in [0.15, 0.2) is 52.8 Å². The summed E-state index contributed by atoms with van der Waals surface area (Å²) in [4.78, 5) is 8.83. The van der Waals surface area contributed by atoms with Crippen LogP contribution in [0.3, 0.4) is 0 Å². The van der Waals surface area contributed by atoms with Crippen molar-refractivity contribution < 1.29 is 0 Å². The molecule has 4 nitrogen and oxygen atoms in total. The van der Waals surface area contributed by atoms with Crippen molar-refractivity contribution in [2.24, 2.45) is 5.73 Å². The zero-order valence-corrected chi connectivity index (χ0v) is 11.5. The van der Waals surface area contributed by atoms with E-state index in [1.165, 1.54) is 11.8 Å². The molecule has 0 radical (unpaired) electrons. The number of rotatable bonds is 3. The first-order chi connectivity index (χ1) is 9.28. The molecule has 96 valence electrons. The van der Waals surface area contributed by atoms with Crippen molar-refractivity contribution in [3.63, 3.8) is 0 Å². The van der Waals surface area contributed by atoms with E-state index in [4.69, 9.17) is 17.3 Å². The third kappa shape index (κ3) is 2.45. The Bertz CT molecular complexity index is 708. The molecule has 0 atom stereocenters. The lowest BCUT2D eigenvalue weighted by atomic mass is 10.4. The molecule has 0 spiro atoms. The number of nitrogens with zero attached hydrogens (tertiary/aromatic N) is 3. The summed E-state index contributed by atoms with van der Waals surface area (Å²) >= 11 is 7.32. The molecule has 19 heavy (non-hydrogen) atoms. The van der Waals surface area contributed by atoms with E-state index in [2.05, 4.69) is 9.97 Å². The van der Waals surface area contributed by atoms with E-state index in [1.807, 2.05) is 40.9 Å². The van der Waals surface area contributed by atoms with Crippen LogP contribution in [0.2, 0.25) is 5.02 Å². The number of hydrogen-bond acceptors (Lipinski definition) is 4. The monoisotopic (exact) mass is 290 g/mol. The van der Waals surface area contributed by atoms with Crippen LogP contribution < -0.4 is 5.73 Å². The number of pyridine rings is 2. The number of aromatic nitrogens is 3. The fourth-order valence-electron chi connectivity index (χ4n) is 1.81. The van der Waals surface area contributed by atoms with Crippen LogP contribution in [0, 0.1) is 0 Å². The van der Waals surface area contributed by atoms with Crippen LogP contribution in [0.4, 0.5) is 0 Å². The van der Waals surface area contributed by atoms with Crippen molar-refractivity contribution in [1.82, 2.24) is 14.4 Å². The molecule has 0 saturated heterocycles. The Balaban J connectivity index is 2.02. The summed E-state index contributed by atoms with van der Waals surface area (Å²) in [6.07, 6.45) is 3.59. The van der Waals surface area contributed by atoms with Gasteiger partial charge in [-0.25, -0.2) is 9.97 Å². The topological polar surface area (TPSA) is 56.2 Å². The van der Waals surface area contributed by atoms with Gasteiger partial charge in [0, 0.05) is 18.9 Å². The third-order valence-electron chi connectivity index (χ3n) is 2.69. The second-order valence-corrected chi connectivity index (χ2v) is 5.36. The summed E-state index contributed by atoms with van der Waals surface area (Å²) in [6.45, 7) is 0.432. The molecule has 0 aromatic carbocycles. The first-order valence-corrected chi connectivity index (χ1v) is 6.93. The van der Waals surface area contributed by atoms with Gasteiger partial charge in [-0.3, -0.25) is 0 Å². The maximum absolute atomic E-state index is 5.83. The quantitative estimate of drug-likeness (QED) is 0.806. The Morgan fingerprint density at radius 1 is 1.26 bits per heavy atom. The zero-order valence-electron chi connectivity index (χ0n) is 9.95. The molecule has 3 aromatic heterocycles. The highest BCUT2D eigenvalue weighted by Crippen LogP contribution is 2.29. The van der Waals surface area contributed by atoms with Crippen LogP contribution in [0.1, 0.15) is 5.69 Å². The number of halogens is 1. The van der Waals surface area contributed by atoms with Gasteiger partial charge in [-0.1, -0.05) is 17.7 Å². The van der Waals surface area contributed by atoms with Gasteiger partial charge in [0.25, 0.3) is 0 Å². The smallest absolute Gasteiger partial charge is 0.138 e. The van der Waals surface area contributed by atoms with Crippen LogP contribution >= 0.6 is 23.4 Å². The summed E-state index contributed by atoms with van der Waals surface area (Å²) in [6, 6.07) is 9.56. The molecule has 0 saturated carbocycles. The molecule has 3 rings (SSSR count). The standard InChI is InChI=1S/C13H11ClN4S/c14-9-4-5-12(16-8-9)19-13-10(7-15)18-6-2-1-3-11(18)17-13/h1-6,8H,7,15H2. The molecule has 0 aliphatic rings. The minimum atomic E-state index is 0.432. The van der Waals surface area contributed by atoms with Gasteiger partial charge >= 0.3 is 0 Å². The largest absolute Gasteiger partial charge is 0.325 e. The molecule has 3 aromatic rings. The molecule has 0 fully saturated rings. The summed E-state index contributed by atoms with van der Waals surface area (Å²) in [5.41, 5.74) is 7.70. The van der Waals surface area contributed by atoms with Crippen molar-refractivity contribution in [3.8, 4) is 0 Å². The van der Waals surface area contributed by atoms with Crippen LogP contribution in [0.25, 0.3) is 5.65 Å². The zero-order chi connectivity index (χ0) is 13.2. The first-order valence-electron chi connectivity index (χ1n) is 5.73. The molecule has 0 bridgehead atoms. The fraction of sp³-hybridized carbons (Fsp3) is 0.0769. The van der Waals surface area contributed by atoms with Gasteiger partial charge in [0.05, 0.1) is 10.7 Å². The Morgan fingerprint density at radius 2 is 2.16 bits per heavy atom. The summed E-state index contributed by atoms with van der Waals surface area (Å²) in [5.74, 6) is 0. The SMILES string of the molecule is NCc1c(Sc2ccc(Cl)cn2)nc2ccccn12. The number of fused-ring (bicyclic) bond motifs is 1. The van der Waals surface area contributed by atoms with Gasteiger partial charge < -0.3 is 10.1 Å². The molecule has 0 aliphatic heterocycles. The molecule has 0 unspecified atom stereocenters. The second kappa shape index (κ2) is 5.21. The van der Waals surface area contributed by atoms with E-state index in [9.17, 15) is 0 Å². The number of imidazole rings is 1. The average molecular weight is 291 g/mol. The molecule has 0 aliphatic carbocycles. The Morgan fingerprint density at radius 3 is 2.89 bits per heavy atom. The average Bonchev–Trinajstić information content (AvgIpc) is 2.78. The lowest BCUT2D eigenvalue weighted by Gasteiger charge is -2.01. The van der Waals surface area contributed by atoms with Crippen LogP contribution in [-0.4, -0.2) is 14.4 Å². The molecule has 3 heterocycles. The molecular weight excluding hydrogens is 280 g/mol. The van der Waals surface area contributed by atoms with Gasteiger partial charge in [-0.05, 0) is 36.0 Å². The molecule has 6 heteroatoms. The van der Waals surface area contributed by atoms with E-state index in [-0.39, 0.29) is 0 Å². The predicted molar refractivity (Wildman–Crippen MR) is 76.5 cm³/mol. The van der Waals surface area contributed by atoms with Crippen molar-refractivity contribution in [3.05, 3.63) is 53.4 Å². The lowest BCUT2D eigenvalue weighted by Crippen LogP contribution is -2.01. The molecule has 0 amide bonds. The number of nitrogens with two attached hydrogens (primary N) is 1. The minimum absolute atomic E-state index is 0.432. The van der Waals surface area contributed by atoms with Crippen LogP contribution in [-0.2, 0) is 6.54 Å². The maximum Gasteiger partial charge on any atom is 0.138 e. The van der Waals surface area contributed by atoms with E-state index in [0.29, 0.717) is 11.6 Å². The van der Waals surface area contributed by atoms with Gasteiger partial charge in [0.15, 0.2) is 0 Å². The fourth-order valence-corrected chi connectivity index (χ4v) is 2.80. The van der Waals surface area contributed by atoms with Crippen molar-refractivity contribution in [1.29, 1.82) is 0 Å². The second-order valence-electron chi connectivity index (χ2n) is 3.91. The highest BCUT2D eigenvalue weighted by atomic mass is 35.5.